The second kappa shape index (κ2) is 6.18. The van der Waals surface area contributed by atoms with Crippen LogP contribution in [0.4, 0.5) is 0 Å². The first-order valence-corrected chi connectivity index (χ1v) is 6.48. The van der Waals surface area contributed by atoms with Gasteiger partial charge in [-0.05, 0) is 36.9 Å². The molecule has 0 aliphatic carbocycles. The van der Waals surface area contributed by atoms with Gasteiger partial charge in [0.05, 0.1) is 5.60 Å². The molecule has 2 heteroatoms. The van der Waals surface area contributed by atoms with Crippen LogP contribution in [0, 0.1) is 5.92 Å². The van der Waals surface area contributed by atoms with Gasteiger partial charge in [0.25, 0.3) is 0 Å². The Morgan fingerprint density at radius 2 is 2.06 bits per heavy atom. The Morgan fingerprint density at radius 3 is 2.65 bits per heavy atom. The van der Waals surface area contributed by atoms with Crippen molar-refractivity contribution in [1.82, 2.24) is 5.32 Å². The number of aliphatic hydroxyl groups is 1. The van der Waals surface area contributed by atoms with E-state index in [9.17, 15) is 5.11 Å². The molecule has 0 saturated heterocycles. The summed E-state index contributed by atoms with van der Waals surface area (Å²) in [6, 6.07) is 8.21. The molecule has 1 unspecified atom stereocenters. The molecule has 0 aromatic heterocycles. The Labute approximate surface area is 105 Å². The number of rotatable bonds is 6. The molecule has 1 rings (SSSR count). The molecule has 0 spiro atoms. The van der Waals surface area contributed by atoms with Crippen LogP contribution in [-0.4, -0.2) is 18.2 Å². The molecule has 0 bridgehead atoms. The third-order valence-electron chi connectivity index (χ3n) is 2.98. The monoisotopic (exact) mass is 235 g/mol. The van der Waals surface area contributed by atoms with Crippen molar-refractivity contribution in [3.63, 3.8) is 0 Å². The normalized spacial score (nSPS) is 14.9. The standard InChI is InChI=1S/C15H25NO/c1-5-13-7-6-8-14(9-13)15(4,17)11-16-10-12(2)3/h6-9,12,16-17H,5,10-11H2,1-4H3. The molecule has 1 aromatic rings. The Kier molecular flexibility index (Phi) is 5.16. The summed E-state index contributed by atoms with van der Waals surface area (Å²) in [6.07, 6.45) is 1.00. The van der Waals surface area contributed by atoms with Gasteiger partial charge in [0, 0.05) is 6.54 Å². The van der Waals surface area contributed by atoms with Crippen LogP contribution in [0.2, 0.25) is 0 Å². The van der Waals surface area contributed by atoms with Crippen LogP contribution in [-0.2, 0) is 12.0 Å². The van der Waals surface area contributed by atoms with Crippen LogP contribution in [0.5, 0.6) is 0 Å². The fourth-order valence-corrected chi connectivity index (χ4v) is 1.83. The lowest BCUT2D eigenvalue weighted by molar-refractivity contribution is 0.0563. The van der Waals surface area contributed by atoms with Crippen LogP contribution in [0.25, 0.3) is 0 Å². The fraction of sp³-hybridized carbons (Fsp3) is 0.600. The first-order chi connectivity index (χ1) is 7.95. The third-order valence-corrected chi connectivity index (χ3v) is 2.98. The molecule has 0 fully saturated rings. The molecule has 2 N–H and O–H groups in total. The van der Waals surface area contributed by atoms with Gasteiger partial charge in [0.15, 0.2) is 0 Å². The predicted molar refractivity (Wildman–Crippen MR) is 73.1 cm³/mol. The summed E-state index contributed by atoms with van der Waals surface area (Å²) in [5.74, 6) is 0.604. The fourth-order valence-electron chi connectivity index (χ4n) is 1.83. The van der Waals surface area contributed by atoms with Crippen molar-refractivity contribution in [2.75, 3.05) is 13.1 Å². The highest BCUT2D eigenvalue weighted by atomic mass is 16.3. The summed E-state index contributed by atoms with van der Waals surface area (Å²) in [5, 5.41) is 13.8. The van der Waals surface area contributed by atoms with Gasteiger partial charge >= 0.3 is 0 Å². The number of hydrogen-bond donors (Lipinski definition) is 2. The molecular formula is C15H25NO. The highest BCUT2D eigenvalue weighted by Gasteiger charge is 2.22. The largest absolute Gasteiger partial charge is 0.384 e. The van der Waals surface area contributed by atoms with Crippen LogP contribution in [0.1, 0.15) is 38.8 Å². The van der Waals surface area contributed by atoms with E-state index in [1.807, 2.05) is 19.1 Å². The van der Waals surface area contributed by atoms with E-state index in [2.05, 4.69) is 38.2 Å². The molecule has 96 valence electrons. The van der Waals surface area contributed by atoms with E-state index >= 15 is 0 Å². The van der Waals surface area contributed by atoms with E-state index in [1.165, 1.54) is 5.56 Å². The minimum absolute atomic E-state index is 0.596. The maximum absolute atomic E-state index is 10.5. The third kappa shape index (κ3) is 4.49. The van der Waals surface area contributed by atoms with Gasteiger partial charge in [-0.2, -0.15) is 0 Å². The second-order valence-corrected chi connectivity index (χ2v) is 5.35. The topological polar surface area (TPSA) is 32.3 Å². The minimum atomic E-state index is -0.792. The summed E-state index contributed by atoms with van der Waals surface area (Å²) in [4.78, 5) is 0. The molecule has 2 nitrogen and oxygen atoms in total. The number of benzene rings is 1. The summed E-state index contributed by atoms with van der Waals surface area (Å²) >= 11 is 0. The summed E-state index contributed by atoms with van der Waals surface area (Å²) < 4.78 is 0. The van der Waals surface area contributed by atoms with Crippen LogP contribution < -0.4 is 5.32 Å². The highest BCUT2D eigenvalue weighted by Crippen LogP contribution is 2.21. The molecule has 17 heavy (non-hydrogen) atoms. The van der Waals surface area contributed by atoms with Crippen molar-refractivity contribution in [2.24, 2.45) is 5.92 Å². The molecular weight excluding hydrogens is 210 g/mol. The number of aryl methyl sites for hydroxylation is 1. The van der Waals surface area contributed by atoms with Gasteiger partial charge in [-0.1, -0.05) is 45.0 Å². The Balaban J connectivity index is 2.67. The van der Waals surface area contributed by atoms with Crippen LogP contribution in [0.3, 0.4) is 0 Å². The lowest BCUT2D eigenvalue weighted by Gasteiger charge is -2.25. The lowest BCUT2D eigenvalue weighted by Crippen LogP contribution is -2.37. The van der Waals surface area contributed by atoms with Crippen molar-refractivity contribution in [3.8, 4) is 0 Å². The van der Waals surface area contributed by atoms with Gasteiger partial charge in [0.2, 0.25) is 0 Å². The van der Waals surface area contributed by atoms with E-state index in [0.717, 1.165) is 18.5 Å². The molecule has 0 radical (unpaired) electrons. The summed E-state index contributed by atoms with van der Waals surface area (Å²) in [5.41, 5.74) is 1.47. The zero-order valence-electron chi connectivity index (χ0n) is 11.5. The molecule has 1 atom stereocenters. The van der Waals surface area contributed by atoms with Gasteiger partial charge in [-0.25, -0.2) is 0 Å². The SMILES string of the molecule is CCc1cccc(C(C)(O)CNCC(C)C)c1. The minimum Gasteiger partial charge on any atom is -0.384 e. The summed E-state index contributed by atoms with van der Waals surface area (Å²) in [7, 11) is 0. The molecule has 0 aliphatic rings. The zero-order chi connectivity index (χ0) is 12.9. The first-order valence-electron chi connectivity index (χ1n) is 6.48. The number of hydrogen-bond acceptors (Lipinski definition) is 2. The van der Waals surface area contributed by atoms with Crippen LogP contribution >= 0.6 is 0 Å². The molecule has 0 heterocycles. The smallest absolute Gasteiger partial charge is 0.0992 e. The van der Waals surface area contributed by atoms with Crippen LogP contribution in [0.15, 0.2) is 24.3 Å². The number of nitrogens with one attached hydrogen (secondary N) is 1. The van der Waals surface area contributed by atoms with Crippen molar-refractivity contribution in [2.45, 2.75) is 39.7 Å². The van der Waals surface area contributed by atoms with E-state index < -0.39 is 5.60 Å². The average molecular weight is 235 g/mol. The second-order valence-electron chi connectivity index (χ2n) is 5.35. The maximum Gasteiger partial charge on any atom is 0.0992 e. The van der Waals surface area contributed by atoms with E-state index in [4.69, 9.17) is 0 Å². The average Bonchev–Trinajstić information content (AvgIpc) is 2.28. The molecule has 1 aromatic carbocycles. The maximum atomic E-state index is 10.5. The molecule has 0 saturated carbocycles. The van der Waals surface area contributed by atoms with Gasteiger partial charge in [-0.3, -0.25) is 0 Å². The Hall–Kier alpha value is -0.860. The predicted octanol–water partition coefficient (Wildman–Crippen LogP) is 2.70. The quantitative estimate of drug-likeness (QED) is 0.794. The Bertz CT molecular complexity index is 345. The van der Waals surface area contributed by atoms with Crippen molar-refractivity contribution < 1.29 is 5.11 Å². The highest BCUT2D eigenvalue weighted by molar-refractivity contribution is 5.28. The van der Waals surface area contributed by atoms with Crippen molar-refractivity contribution in [1.29, 1.82) is 0 Å². The van der Waals surface area contributed by atoms with E-state index in [1.54, 1.807) is 0 Å². The Morgan fingerprint density at radius 1 is 1.35 bits per heavy atom. The van der Waals surface area contributed by atoms with E-state index in [-0.39, 0.29) is 0 Å². The molecule has 0 amide bonds. The lowest BCUT2D eigenvalue weighted by atomic mass is 9.93. The molecule has 0 aliphatic heterocycles. The zero-order valence-corrected chi connectivity index (χ0v) is 11.5. The van der Waals surface area contributed by atoms with Crippen molar-refractivity contribution in [3.05, 3.63) is 35.4 Å². The van der Waals surface area contributed by atoms with E-state index in [0.29, 0.717) is 12.5 Å². The van der Waals surface area contributed by atoms with Gasteiger partial charge in [-0.15, -0.1) is 0 Å². The summed E-state index contributed by atoms with van der Waals surface area (Å²) in [6.45, 7) is 9.86. The van der Waals surface area contributed by atoms with Gasteiger partial charge < -0.3 is 10.4 Å². The first kappa shape index (κ1) is 14.2. The van der Waals surface area contributed by atoms with Gasteiger partial charge in [0.1, 0.15) is 0 Å². The van der Waals surface area contributed by atoms with Crippen molar-refractivity contribution >= 4 is 0 Å².